The van der Waals surface area contributed by atoms with Crippen molar-refractivity contribution in [3.63, 3.8) is 0 Å². The highest BCUT2D eigenvalue weighted by Gasteiger charge is 2.10. The van der Waals surface area contributed by atoms with E-state index in [2.05, 4.69) is 32.9 Å². The van der Waals surface area contributed by atoms with Crippen molar-refractivity contribution >= 4 is 0 Å². The molecular formula is C19H28O2. The summed E-state index contributed by atoms with van der Waals surface area (Å²) in [5.74, 6) is 0.663. The molecule has 0 aromatic heterocycles. The van der Waals surface area contributed by atoms with Crippen LogP contribution in [0.2, 0.25) is 0 Å². The van der Waals surface area contributed by atoms with E-state index in [1.54, 1.807) is 12.1 Å². The summed E-state index contributed by atoms with van der Waals surface area (Å²) in [6.45, 7) is 10.4. The number of allylic oxidation sites excluding steroid dienone is 4. The number of hydrogen-bond donors (Lipinski definition) is 2. The summed E-state index contributed by atoms with van der Waals surface area (Å²) in [4.78, 5) is 0. The molecule has 0 heterocycles. The van der Waals surface area contributed by atoms with E-state index in [4.69, 9.17) is 0 Å². The van der Waals surface area contributed by atoms with Gasteiger partial charge in [0, 0.05) is 5.56 Å². The highest BCUT2D eigenvalue weighted by Crippen LogP contribution is 2.32. The third-order valence-electron chi connectivity index (χ3n) is 3.64. The Morgan fingerprint density at radius 3 is 2.10 bits per heavy atom. The lowest BCUT2D eigenvalue weighted by molar-refractivity contribution is 0.439. The molecule has 0 bridgehead atoms. The lowest BCUT2D eigenvalue weighted by atomic mass is 9.98. The number of rotatable bonds is 6. The van der Waals surface area contributed by atoms with Crippen molar-refractivity contribution in [2.45, 2.75) is 59.8 Å². The van der Waals surface area contributed by atoms with Gasteiger partial charge in [0.25, 0.3) is 0 Å². The van der Waals surface area contributed by atoms with E-state index in [0.717, 1.165) is 18.4 Å². The van der Waals surface area contributed by atoms with Gasteiger partial charge in [-0.2, -0.15) is 0 Å². The summed E-state index contributed by atoms with van der Waals surface area (Å²) in [5.41, 5.74) is 4.18. The minimum atomic E-state index is 0.187. The molecule has 2 nitrogen and oxygen atoms in total. The van der Waals surface area contributed by atoms with Gasteiger partial charge in [0.15, 0.2) is 0 Å². The van der Waals surface area contributed by atoms with Crippen molar-refractivity contribution in [3.05, 3.63) is 46.6 Å². The smallest absolute Gasteiger partial charge is 0.123 e. The first-order valence-corrected chi connectivity index (χ1v) is 7.65. The SMILES string of the molecule is CC(C)=CCC/C(C)=C/Cc1c(O)cc(C(C)C)cc1O. The number of hydrogen-bond acceptors (Lipinski definition) is 2. The highest BCUT2D eigenvalue weighted by atomic mass is 16.3. The number of phenolic OH excluding ortho intramolecular Hbond substituents is 2. The second-order valence-electron chi connectivity index (χ2n) is 6.27. The van der Waals surface area contributed by atoms with Gasteiger partial charge in [-0.25, -0.2) is 0 Å². The Balaban J connectivity index is 2.77. The lowest BCUT2D eigenvalue weighted by Gasteiger charge is -2.11. The molecule has 0 saturated heterocycles. The van der Waals surface area contributed by atoms with Crippen LogP contribution in [-0.2, 0) is 6.42 Å². The fourth-order valence-corrected chi connectivity index (χ4v) is 2.17. The summed E-state index contributed by atoms with van der Waals surface area (Å²) >= 11 is 0. The second-order valence-corrected chi connectivity index (χ2v) is 6.27. The molecule has 0 unspecified atom stereocenters. The average Bonchev–Trinajstić information content (AvgIpc) is 2.36. The maximum atomic E-state index is 10.1. The first kappa shape index (κ1) is 17.4. The van der Waals surface area contributed by atoms with Gasteiger partial charge in [0.2, 0.25) is 0 Å². The normalized spacial score (nSPS) is 11.8. The predicted molar refractivity (Wildman–Crippen MR) is 90.0 cm³/mol. The maximum Gasteiger partial charge on any atom is 0.123 e. The van der Waals surface area contributed by atoms with Crippen LogP contribution >= 0.6 is 0 Å². The van der Waals surface area contributed by atoms with E-state index in [1.165, 1.54) is 11.1 Å². The molecule has 2 heteroatoms. The Morgan fingerprint density at radius 2 is 1.62 bits per heavy atom. The molecule has 0 aliphatic rings. The van der Waals surface area contributed by atoms with E-state index in [1.807, 2.05) is 13.8 Å². The van der Waals surface area contributed by atoms with Crippen LogP contribution in [0.15, 0.2) is 35.4 Å². The minimum absolute atomic E-state index is 0.187. The van der Waals surface area contributed by atoms with Crippen LogP contribution in [-0.4, -0.2) is 10.2 Å². The fraction of sp³-hybridized carbons (Fsp3) is 0.474. The van der Waals surface area contributed by atoms with Crippen molar-refractivity contribution < 1.29 is 10.2 Å². The van der Waals surface area contributed by atoms with Gasteiger partial charge in [0.05, 0.1) is 0 Å². The number of benzene rings is 1. The third-order valence-corrected chi connectivity index (χ3v) is 3.64. The van der Waals surface area contributed by atoms with Crippen molar-refractivity contribution in [2.75, 3.05) is 0 Å². The molecule has 0 saturated carbocycles. The van der Waals surface area contributed by atoms with Crippen LogP contribution in [0, 0.1) is 0 Å². The molecular weight excluding hydrogens is 260 g/mol. The van der Waals surface area contributed by atoms with Gasteiger partial charge in [0.1, 0.15) is 11.5 Å². The third kappa shape index (κ3) is 5.66. The molecule has 0 atom stereocenters. The Labute approximate surface area is 128 Å². The zero-order valence-corrected chi connectivity index (χ0v) is 13.9. The molecule has 0 spiro atoms. The standard InChI is InChI=1S/C19H28O2/c1-13(2)7-6-8-15(5)9-10-17-18(20)11-16(14(3)4)12-19(17)21/h7,9,11-12,14,20-21H,6,8,10H2,1-5H3/b15-9+. The molecule has 0 amide bonds. The van der Waals surface area contributed by atoms with Crippen LogP contribution in [0.1, 0.15) is 64.5 Å². The molecule has 0 aliphatic carbocycles. The first-order chi connectivity index (χ1) is 9.81. The predicted octanol–water partition coefficient (Wildman–Crippen LogP) is 5.46. The van der Waals surface area contributed by atoms with E-state index in [9.17, 15) is 10.2 Å². The van der Waals surface area contributed by atoms with Crippen molar-refractivity contribution in [2.24, 2.45) is 0 Å². The molecule has 0 fully saturated rings. The molecule has 1 aromatic carbocycles. The van der Waals surface area contributed by atoms with E-state index < -0.39 is 0 Å². The van der Waals surface area contributed by atoms with Gasteiger partial charge in [-0.05, 0) is 63.6 Å². The molecule has 116 valence electrons. The summed E-state index contributed by atoms with van der Waals surface area (Å²) < 4.78 is 0. The highest BCUT2D eigenvalue weighted by molar-refractivity contribution is 5.48. The quantitative estimate of drug-likeness (QED) is 0.683. The Hall–Kier alpha value is -1.70. The van der Waals surface area contributed by atoms with Crippen LogP contribution < -0.4 is 0 Å². The molecule has 2 N–H and O–H groups in total. The molecule has 21 heavy (non-hydrogen) atoms. The lowest BCUT2D eigenvalue weighted by Crippen LogP contribution is -1.92. The van der Waals surface area contributed by atoms with E-state index in [-0.39, 0.29) is 17.4 Å². The maximum absolute atomic E-state index is 10.1. The largest absolute Gasteiger partial charge is 0.508 e. The first-order valence-electron chi connectivity index (χ1n) is 7.65. The van der Waals surface area contributed by atoms with Crippen LogP contribution in [0.25, 0.3) is 0 Å². The van der Waals surface area contributed by atoms with Gasteiger partial charge in [-0.15, -0.1) is 0 Å². The minimum Gasteiger partial charge on any atom is -0.508 e. The average molecular weight is 288 g/mol. The summed E-state index contributed by atoms with van der Waals surface area (Å²) in [5, 5.41) is 20.2. The van der Waals surface area contributed by atoms with Crippen LogP contribution in [0.4, 0.5) is 0 Å². The van der Waals surface area contributed by atoms with Crippen molar-refractivity contribution in [1.29, 1.82) is 0 Å². The van der Waals surface area contributed by atoms with Crippen LogP contribution in [0.3, 0.4) is 0 Å². The fourth-order valence-electron chi connectivity index (χ4n) is 2.17. The van der Waals surface area contributed by atoms with Gasteiger partial charge in [-0.1, -0.05) is 37.1 Å². The van der Waals surface area contributed by atoms with Crippen LogP contribution in [0.5, 0.6) is 11.5 Å². The summed E-state index contributed by atoms with van der Waals surface area (Å²) in [6, 6.07) is 3.51. The molecule has 1 aromatic rings. The van der Waals surface area contributed by atoms with Crippen molar-refractivity contribution in [1.82, 2.24) is 0 Å². The number of aromatic hydroxyl groups is 2. The van der Waals surface area contributed by atoms with Gasteiger partial charge < -0.3 is 10.2 Å². The molecule has 0 radical (unpaired) electrons. The summed E-state index contributed by atoms with van der Waals surface area (Å²) in [7, 11) is 0. The van der Waals surface area contributed by atoms with Crippen molar-refractivity contribution in [3.8, 4) is 11.5 Å². The van der Waals surface area contributed by atoms with Gasteiger partial charge >= 0.3 is 0 Å². The molecule has 1 rings (SSSR count). The van der Waals surface area contributed by atoms with E-state index in [0.29, 0.717) is 12.0 Å². The monoisotopic (exact) mass is 288 g/mol. The topological polar surface area (TPSA) is 40.5 Å². The van der Waals surface area contributed by atoms with Gasteiger partial charge in [-0.3, -0.25) is 0 Å². The Kier molecular flexibility index (Phi) is 6.54. The van der Waals surface area contributed by atoms with E-state index >= 15 is 0 Å². The Morgan fingerprint density at radius 1 is 1.05 bits per heavy atom. The zero-order chi connectivity index (χ0) is 16.0. The zero-order valence-electron chi connectivity index (χ0n) is 13.9. The second kappa shape index (κ2) is 7.92. The Bertz CT molecular complexity index is 509. The summed E-state index contributed by atoms with van der Waals surface area (Å²) in [6.07, 6.45) is 6.93. The number of phenols is 2. The molecule has 0 aliphatic heterocycles.